The van der Waals surface area contributed by atoms with Crippen LogP contribution < -0.4 is 5.32 Å². The van der Waals surface area contributed by atoms with Gasteiger partial charge in [0, 0.05) is 5.69 Å². The third-order valence-electron chi connectivity index (χ3n) is 5.15. The topological polar surface area (TPSA) is 59.8 Å². The minimum Gasteiger partial charge on any atom is -0.349 e. The zero-order valence-electron chi connectivity index (χ0n) is 16.1. The largest absolute Gasteiger partial charge is 0.349 e. The fourth-order valence-electron chi connectivity index (χ4n) is 3.59. The van der Waals surface area contributed by atoms with Gasteiger partial charge < -0.3 is 5.32 Å². The molecular formula is C22H24N4OS. The Labute approximate surface area is 169 Å². The van der Waals surface area contributed by atoms with Crippen molar-refractivity contribution in [2.75, 3.05) is 5.75 Å². The van der Waals surface area contributed by atoms with Crippen LogP contribution in [0, 0.1) is 0 Å². The van der Waals surface area contributed by atoms with E-state index >= 15 is 0 Å². The lowest BCUT2D eigenvalue weighted by molar-refractivity contribution is -0.119. The molecule has 2 aromatic carbocycles. The van der Waals surface area contributed by atoms with Gasteiger partial charge in [0.1, 0.15) is 6.33 Å². The summed E-state index contributed by atoms with van der Waals surface area (Å²) in [5.41, 5.74) is 4.88. The van der Waals surface area contributed by atoms with Crippen LogP contribution in [-0.2, 0) is 11.2 Å². The van der Waals surface area contributed by atoms with E-state index in [1.807, 2.05) is 10.6 Å². The molecular weight excluding hydrogens is 368 g/mol. The highest BCUT2D eigenvalue weighted by Gasteiger charge is 2.23. The molecule has 0 fully saturated rings. The lowest BCUT2D eigenvalue weighted by Gasteiger charge is -2.14. The van der Waals surface area contributed by atoms with Gasteiger partial charge in [0.25, 0.3) is 0 Å². The normalized spacial score (nSPS) is 15.6. The summed E-state index contributed by atoms with van der Waals surface area (Å²) in [5.74, 6) is 0.839. The molecule has 28 heavy (non-hydrogen) atoms. The molecule has 0 spiro atoms. The van der Waals surface area contributed by atoms with E-state index in [1.54, 1.807) is 6.33 Å². The van der Waals surface area contributed by atoms with Crippen LogP contribution >= 0.6 is 11.8 Å². The molecule has 1 aromatic heterocycles. The van der Waals surface area contributed by atoms with Gasteiger partial charge in [-0.25, -0.2) is 0 Å². The Balaban J connectivity index is 1.38. The Morgan fingerprint density at radius 1 is 1.21 bits per heavy atom. The van der Waals surface area contributed by atoms with E-state index < -0.39 is 0 Å². The molecule has 4 rings (SSSR count). The first-order chi connectivity index (χ1) is 13.6. The first-order valence-corrected chi connectivity index (χ1v) is 10.6. The van der Waals surface area contributed by atoms with Crippen molar-refractivity contribution in [1.82, 2.24) is 20.1 Å². The van der Waals surface area contributed by atoms with Crippen LogP contribution in [0.1, 0.15) is 48.9 Å². The number of carbonyl (C=O) groups excluding carboxylic acids is 1. The minimum atomic E-state index is 0.0245. The number of benzene rings is 2. The summed E-state index contributed by atoms with van der Waals surface area (Å²) in [5, 5.41) is 12.1. The Morgan fingerprint density at radius 3 is 2.79 bits per heavy atom. The van der Waals surface area contributed by atoms with E-state index in [4.69, 9.17) is 0 Å². The summed E-state index contributed by atoms with van der Waals surface area (Å²) in [7, 11) is 0. The smallest absolute Gasteiger partial charge is 0.230 e. The number of aryl methyl sites for hydroxylation is 1. The summed E-state index contributed by atoms with van der Waals surface area (Å²) in [6.45, 7) is 4.35. The molecule has 0 saturated heterocycles. The van der Waals surface area contributed by atoms with Crippen LogP contribution in [0.5, 0.6) is 0 Å². The Morgan fingerprint density at radius 2 is 2.00 bits per heavy atom. The van der Waals surface area contributed by atoms with Crippen molar-refractivity contribution < 1.29 is 4.79 Å². The van der Waals surface area contributed by atoms with Crippen LogP contribution in [0.15, 0.2) is 60.0 Å². The summed E-state index contributed by atoms with van der Waals surface area (Å²) in [6, 6.07) is 16.8. The first-order valence-electron chi connectivity index (χ1n) is 9.62. The van der Waals surface area contributed by atoms with Gasteiger partial charge in [-0.05, 0) is 47.6 Å². The lowest BCUT2D eigenvalue weighted by atomic mass is 10.0. The van der Waals surface area contributed by atoms with E-state index in [-0.39, 0.29) is 11.9 Å². The molecule has 0 radical (unpaired) electrons. The van der Waals surface area contributed by atoms with Gasteiger partial charge in [0.05, 0.1) is 11.8 Å². The number of amides is 1. The van der Waals surface area contributed by atoms with Crippen molar-refractivity contribution in [3.05, 3.63) is 71.5 Å². The average Bonchev–Trinajstić information content (AvgIpc) is 3.34. The molecule has 3 aromatic rings. The standard InChI is InChI=1S/C22H24N4OS/c1-15(2)16-7-10-18(11-8-16)26-14-23-25-22(26)28-13-21(27)24-20-12-9-17-5-3-4-6-19(17)20/h3-8,10-11,14-15,20H,9,12-13H2,1-2H3,(H,24,27). The van der Waals surface area contributed by atoms with Crippen molar-refractivity contribution >= 4 is 17.7 Å². The molecule has 1 heterocycles. The molecule has 6 heteroatoms. The summed E-state index contributed by atoms with van der Waals surface area (Å²) in [4.78, 5) is 12.5. The van der Waals surface area contributed by atoms with Gasteiger partial charge in [0.15, 0.2) is 5.16 Å². The lowest BCUT2D eigenvalue weighted by Crippen LogP contribution is -2.28. The number of rotatable bonds is 6. The number of carbonyl (C=O) groups is 1. The molecule has 0 bridgehead atoms. The molecule has 144 valence electrons. The highest BCUT2D eigenvalue weighted by molar-refractivity contribution is 7.99. The maximum absolute atomic E-state index is 12.5. The van der Waals surface area contributed by atoms with Gasteiger partial charge in [-0.3, -0.25) is 9.36 Å². The number of hydrogen-bond acceptors (Lipinski definition) is 4. The van der Waals surface area contributed by atoms with Crippen LogP contribution in [0.2, 0.25) is 0 Å². The van der Waals surface area contributed by atoms with Gasteiger partial charge in [-0.15, -0.1) is 10.2 Å². The van der Waals surface area contributed by atoms with Crippen LogP contribution in [0.3, 0.4) is 0 Å². The molecule has 1 aliphatic carbocycles. The number of nitrogens with zero attached hydrogens (tertiary/aromatic N) is 3. The second kappa shape index (κ2) is 8.19. The van der Waals surface area contributed by atoms with Gasteiger partial charge in [0.2, 0.25) is 5.91 Å². The van der Waals surface area contributed by atoms with Crippen molar-refractivity contribution in [3.8, 4) is 5.69 Å². The SMILES string of the molecule is CC(C)c1ccc(-n2cnnc2SCC(=O)NC2CCc3ccccc32)cc1. The third-order valence-corrected chi connectivity index (χ3v) is 6.10. The fourth-order valence-corrected chi connectivity index (χ4v) is 4.33. The van der Waals surface area contributed by atoms with Gasteiger partial charge >= 0.3 is 0 Å². The number of hydrogen-bond donors (Lipinski definition) is 1. The Kier molecular flexibility index (Phi) is 5.48. The second-order valence-electron chi connectivity index (χ2n) is 7.38. The number of thioether (sulfide) groups is 1. The molecule has 1 atom stereocenters. The zero-order chi connectivity index (χ0) is 19.5. The maximum Gasteiger partial charge on any atom is 0.230 e. The maximum atomic E-state index is 12.5. The van der Waals surface area contributed by atoms with Crippen LogP contribution in [-0.4, -0.2) is 26.4 Å². The molecule has 0 aliphatic heterocycles. The van der Waals surface area contributed by atoms with Crippen molar-refractivity contribution in [2.24, 2.45) is 0 Å². The Hall–Kier alpha value is -2.60. The molecule has 0 saturated carbocycles. The zero-order valence-corrected chi connectivity index (χ0v) is 16.9. The van der Waals surface area contributed by atoms with E-state index in [0.717, 1.165) is 23.7 Å². The highest BCUT2D eigenvalue weighted by Crippen LogP contribution is 2.31. The van der Waals surface area contributed by atoms with E-state index in [0.29, 0.717) is 11.7 Å². The quantitative estimate of drug-likeness (QED) is 0.636. The van der Waals surface area contributed by atoms with E-state index in [1.165, 1.54) is 28.5 Å². The highest BCUT2D eigenvalue weighted by atomic mass is 32.2. The second-order valence-corrected chi connectivity index (χ2v) is 8.32. The van der Waals surface area contributed by atoms with Crippen molar-refractivity contribution in [3.63, 3.8) is 0 Å². The number of nitrogens with one attached hydrogen (secondary N) is 1. The summed E-state index contributed by atoms with van der Waals surface area (Å²) in [6.07, 6.45) is 3.68. The molecule has 5 nitrogen and oxygen atoms in total. The fraction of sp³-hybridized carbons (Fsp3) is 0.318. The molecule has 1 amide bonds. The van der Waals surface area contributed by atoms with Crippen molar-refractivity contribution in [2.45, 2.75) is 43.8 Å². The van der Waals surface area contributed by atoms with Crippen LogP contribution in [0.25, 0.3) is 5.69 Å². The number of fused-ring (bicyclic) bond motifs is 1. The molecule has 1 N–H and O–H groups in total. The Bertz CT molecular complexity index is 965. The summed E-state index contributed by atoms with van der Waals surface area (Å²) >= 11 is 1.41. The van der Waals surface area contributed by atoms with Crippen molar-refractivity contribution in [1.29, 1.82) is 0 Å². The first kappa shape index (κ1) is 18.7. The predicted octanol–water partition coefficient (Wildman–Crippen LogP) is 4.29. The summed E-state index contributed by atoms with van der Waals surface area (Å²) < 4.78 is 1.92. The molecule has 1 aliphatic rings. The van der Waals surface area contributed by atoms with E-state index in [2.05, 4.69) is 71.8 Å². The minimum absolute atomic E-state index is 0.0245. The third kappa shape index (κ3) is 3.97. The van der Waals surface area contributed by atoms with Crippen LogP contribution in [0.4, 0.5) is 0 Å². The predicted molar refractivity (Wildman–Crippen MR) is 112 cm³/mol. The average molecular weight is 393 g/mol. The van der Waals surface area contributed by atoms with Gasteiger partial charge in [-0.2, -0.15) is 0 Å². The number of aromatic nitrogens is 3. The molecule has 1 unspecified atom stereocenters. The van der Waals surface area contributed by atoms with Gasteiger partial charge in [-0.1, -0.05) is 62.0 Å². The van der Waals surface area contributed by atoms with E-state index in [9.17, 15) is 4.79 Å². The monoisotopic (exact) mass is 392 g/mol.